The molecular weight excluding hydrogens is 322 g/mol. The third-order valence-electron chi connectivity index (χ3n) is 4.86. The van der Waals surface area contributed by atoms with E-state index in [2.05, 4.69) is 6.92 Å². The normalized spacial score (nSPS) is 20.6. The predicted octanol–water partition coefficient (Wildman–Crippen LogP) is 1.05. The summed E-state index contributed by atoms with van der Waals surface area (Å²) < 4.78 is 3.55. The number of benzene rings is 1. The van der Waals surface area contributed by atoms with Crippen LogP contribution in [0.25, 0.3) is 5.69 Å². The Bertz CT molecular complexity index is 821. The molecule has 3 atom stereocenters. The summed E-state index contributed by atoms with van der Waals surface area (Å²) in [5.41, 5.74) is -0.529. The van der Waals surface area contributed by atoms with Crippen LogP contribution in [-0.4, -0.2) is 36.4 Å². The van der Waals surface area contributed by atoms with Crippen LogP contribution < -0.4 is 11.4 Å². The average molecular weight is 347 g/mol. The Balaban J connectivity index is 1.92. The molecule has 1 aromatic heterocycles. The summed E-state index contributed by atoms with van der Waals surface area (Å²) in [6.07, 6.45) is 2.73. The van der Waals surface area contributed by atoms with Crippen molar-refractivity contribution in [2.45, 2.75) is 63.8 Å². The topological polar surface area (TPSA) is 89.4 Å². The van der Waals surface area contributed by atoms with Crippen molar-refractivity contribution in [3.05, 3.63) is 51.3 Å². The van der Waals surface area contributed by atoms with Gasteiger partial charge in [-0.25, -0.2) is 23.5 Å². The first-order chi connectivity index (χ1) is 12.1. The first-order valence-electron chi connectivity index (χ1n) is 8.92. The second-order valence-corrected chi connectivity index (χ2v) is 6.64. The Labute approximate surface area is 145 Å². The number of unbranched alkanes of at least 4 members (excludes halogenated alkanes) is 3. The molecule has 0 radical (unpaired) electrons. The Morgan fingerprint density at radius 2 is 1.84 bits per heavy atom. The Hall–Kier alpha value is -2.12. The lowest BCUT2D eigenvalue weighted by Crippen LogP contribution is -2.37. The van der Waals surface area contributed by atoms with E-state index in [0.717, 1.165) is 30.3 Å². The molecule has 0 saturated carbocycles. The second kappa shape index (κ2) is 7.41. The minimum absolute atomic E-state index is 0.0184. The number of aliphatic hydroxyl groups excluding tert-OH is 2. The smallest absolute Gasteiger partial charge is 0.352 e. The van der Waals surface area contributed by atoms with E-state index in [9.17, 15) is 19.8 Å². The Kier molecular flexibility index (Phi) is 5.24. The van der Waals surface area contributed by atoms with Crippen LogP contribution in [0.5, 0.6) is 0 Å². The van der Waals surface area contributed by atoms with Crippen LogP contribution >= 0.6 is 0 Å². The lowest BCUT2D eigenvalue weighted by Gasteiger charge is -2.21. The molecule has 1 aliphatic heterocycles. The maximum absolute atomic E-state index is 12.8. The van der Waals surface area contributed by atoms with E-state index in [1.807, 2.05) is 6.07 Å². The number of aromatic nitrogens is 3. The van der Waals surface area contributed by atoms with Crippen molar-refractivity contribution >= 4 is 0 Å². The standard InChI is InChI=1S/C18H25N3O4/c1-2-3-4-8-11-14(22)16-15(23)12-19-17(24)20(18(25)21(16)19)13-9-6-5-7-10-13/h5-7,9-10,14-16,22-23H,2-4,8,11-12H2,1H3/t14-,15-,16+/m0/s1. The van der Waals surface area contributed by atoms with Crippen molar-refractivity contribution in [3.8, 4) is 5.69 Å². The highest BCUT2D eigenvalue weighted by Gasteiger charge is 2.39. The highest BCUT2D eigenvalue weighted by Crippen LogP contribution is 2.25. The Morgan fingerprint density at radius 3 is 2.52 bits per heavy atom. The number of hydrogen-bond acceptors (Lipinski definition) is 4. The summed E-state index contributed by atoms with van der Waals surface area (Å²) >= 11 is 0. The fraction of sp³-hybridized carbons (Fsp3) is 0.556. The molecule has 3 rings (SSSR count). The third-order valence-corrected chi connectivity index (χ3v) is 4.86. The van der Waals surface area contributed by atoms with E-state index in [0.29, 0.717) is 12.1 Å². The summed E-state index contributed by atoms with van der Waals surface area (Å²) in [7, 11) is 0. The minimum Gasteiger partial charge on any atom is -0.391 e. The highest BCUT2D eigenvalue weighted by atomic mass is 16.3. The van der Waals surface area contributed by atoms with Crippen LogP contribution in [0.15, 0.2) is 39.9 Å². The van der Waals surface area contributed by atoms with E-state index >= 15 is 0 Å². The van der Waals surface area contributed by atoms with Gasteiger partial charge < -0.3 is 10.2 Å². The maximum Gasteiger partial charge on any atom is 0.352 e. The van der Waals surface area contributed by atoms with Crippen LogP contribution in [-0.2, 0) is 6.54 Å². The second-order valence-electron chi connectivity index (χ2n) is 6.64. The van der Waals surface area contributed by atoms with E-state index in [4.69, 9.17) is 0 Å². The largest absolute Gasteiger partial charge is 0.391 e. The summed E-state index contributed by atoms with van der Waals surface area (Å²) in [6.45, 7) is 2.13. The van der Waals surface area contributed by atoms with Gasteiger partial charge in [-0.05, 0) is 18.6 Å². The first kappa shape index (κ1) is 17.7. The molecule has 1 aromatic carbocycles. The van der Waals surface area contributed by atoms with E-state index in [1.165, 1.54) is 9.36 Å². The van der Waals surface area contributed by atoms with Crippen molar-refractivity contribution in [2.24, 2.45) is 0 Å². The Morgan fingerprint density at radius 1 is 1.12 bits per heavy atom. The van der Waals surface area contributed by atoms with Gasteiger partial charge in [0.25, 0.3) is 0 Å². The zero-order chi connectivity index (χ0) is 18.0. The van der Waals surface area contributed by atoms with Gasteiger partial charge in [0.15, 0.2) is 0 Å². The first-order valence-corrected chi connectivity index (χ1v) is 8.92. The molecule has 1 aliphatic rings. The fourth-order valence-electron chi connectivity index (χ4n) is 3.57. The maximum atomic E-state index is 12.8. The van der Waals surface area contributed by atoms with E-state index in [-0.39, 0.29) is 6.54 Å². The van der Waals surface area contributed by atoms with Crippen LogP contribution in [0.1, 0.15) is 45.1 Å². The molecule has 0 saturated heterocycles. The monoisotopic (exact) mass is 347 g/mol. The molecule has 0 amide bonds. The van der Waals surface area contributed by atoms with Crippen LogP contribution in [0.3, 0.4) is 0 Å². The van der Waals surface area contributed by atoms with Gasteiger partial charge in [-0.3, -0.25) is 0 Å². The van der Waals surface area contributed by atoms with Gasteiger partial charge in [-0.2, -0.15) is 0 Å². The van der Waals surface area contributed by atoms with Gasteiger partial charge in [0.05, 0.1) is 24.4 Å². The number of rotatable bonds is 7. The lowest BCUT2D eigenvalue weighted by molar-refractivity contribution is 0.0297. The molecule has 0 unspecified atom stereocenters. The van der Waals surface area contributed by atoms with Gasteiger partial charge in [-0.15, -0.1) is 0 Å². The number of fused-ring (bicyclic) bond motifs is 1. The molecule has 25 heavy (non-hydrogen) atoms. The summed E-state index contributed by atoms with van der Waals surface area (Å²) in [5.74, 6) is 0. The number of nitrogens with zero attached hydrogens (tertiary/aromatic N) is 3. The van der Waals surface area contributed by atoms with Gasteiger partial charge in [-0.1, -0.05) is 50.8 Å². The van der Waals surface area contributed by atoms with Gasteiger partial charge >= 0.3 is 11.4 Å². The van der Waals surface area contributed by atoms with Crippen molar-refractivity contribution in [1.29, 1.82) is 0 Å². The number of hydrogen-bond donors (Lipinski definition) is 2. The van der Waals surface area contributed by atoms with Crippen LogP contribution in [0, 0.1) is 0 Å². The zero-order valence-corrected chi connectivity index (χ0v) is 14.4. The molecule has 7 nitrogen and oxygen atoms in total. The third kappa shape index (κ3) is 3.21. The molecule has 2 heterocycles. The average Bonchev–Trinajstić information content (AvgIpc) is 3.07. The number of aliphatic hydroxyl groups is 2. The predicted molar refractivity (Wildman–Crippen MR) is 94.1 cm³/mol. The highest BCUT2D eigenvalue weighted by molar-refractivity contribution is 5.30. The lowest BCUT2D eigenvalue weighted by atomic mass is 10.00. The van der Waals surface area contributed by atoms with Crippen LogP contribution in [0.2, 0.25) is 0 Å². The summed E-state index contributed by atoms with van der Waals surface area (Å²) in [6, 6.07) is 7.90. The van der Waals surface area contributed by atoms with Crippen molar-refractivity contribution in [2.75, 3.05) is 0 Å². The van der Waals surface area contributed by atoms with Crippen molar-refractivity contribution in [3.63, 3.8) is 0 Å². The molecule has 0 spiro atoms. The molecule has 0 fully saturated rings. The van der Waals surface area contributed by atoms with E-state index < -0.39 is 29.6 Å². The van der Waals surface area contributed by atoms with Gasteiger partial charge in [0.2, 0.25) is 0 Å². The fourth-order valence-corrected chi connectivity index (χ4v) is 3.57. The quantitative estimate of drug-likeness (QED) is 0.733. The minimum atomic E-state index is -0.938. The van der Waals surface area contributed by atoms with Crippen molar-refractivity contribution in [1.82, 2.24) is 13.9 Å². The molecule has 2 aromatic rings. The number of para-hydroxylation sites is 1. The molecule has 136 valence electrons. The molecule has 0 bridgehead atoms. The van der Waals surface area contributed by atoms with E-state index in [1.54, 1.807) is 24.3 Å². The summed E-state index contributed by atoms with van der Waals surface area (Å²) in [4.78, 5) is 25.4. The van der Waals surface area contributed by atoms with Crippen LogP contribution in [0.4, 0.5) is 0 Å². The molecule has 0 aliphatic carbocycles. The molecular formula is C18H25N3O4. The molecule has 7 heteroatoms. The SMILES string of the molecule is CCCCCC[C@H](O)[C@@H]1[C@@H](O)Cn2c(=O)n(-c3ccccc3)c(=O)n21. The van der Waals surface area contributed by atoms with Gasteiger partial charge in [0.1, 0.15) is 6.04 Å². The molecule has 2 N–H and O–H groups in total. The van der Waals surface area contributed by atoms with Gasteiger partial charge in [0, 0.05) is 0 Å². The van der Waals surface area contributed by atoms with Crippen molar-refractivity contribution < 1.29 is 10.2 Å². The zero-order valence-electron chi connectivity index (χ0n) is 14.4. The summed E-state index contributed by atoms with van der Waals surface area (Å²) in [5, 5.41) is 20.8.